The van der Waals surface area contributed by atoms with Gasteiger partial charge in [-0.2, -0.15) is 5.06 Å². The molecule has 7 aliphatic carbocycles. The summed E-state index contributed by atoms with van der Waals surface area (Å²) in [5.74, 6) is 4.14. The first-order chi connectivity index (χ1) is 27.8. The second-order valence-corrected chi connectivity index (χ2v) is 21.8. The Balaban J connectivity index is 1.03. The fraction of sp³-hybridized carbons (Fsp3) is 0.958. The van der Waals surface area contributed by atoms with Crippen LogP contribution in [0.25, 0.3) is 0 Å². The Morgan fingerprint density at radius 1 is 0.897 bits per heavy atom. The Morgan fingerprint density at radius 3 is 2.14 bits per heavy atom. The maximum atomic E-state index is 14.4. The lowest BCUT2D eigenvalue weighted by Crippen LogP contribution is -2.62. The van der Waals surface area contributed by atoms with Crippen LogP contribution >= 0.6 is 0 Å². The van der Waals surface area contributed by atoms with Crippen LogP contribution in [-0.4, -0.2) is 109 Å². The predicted octanol–water partition coefficient (Wildman–Crippen LogP) is 6.82. The van der Waals surface area contributed by atoms with Crippen molar-refractivity contribution in [3.05, 3.63) is 0 Å². The molecule has 0 radical (unpaired) electrons. The van der Waals surface area contributed by atoms with Crippen LogP contribution in [0, 0.1) is 70.5 Å². The molecule has 10 heteroatoms. The molecule has 2 bridgehead atoms. The zero-order chi connectivity index (χ0) is 41.3. The van der Waals surface area contributed by atoms with E-state index in [2.05, 4.69) is 50.4 Å². The number of hydrogen-bond acceptors (Lipinski definition) is 8. The maximum Gasteiger partial charge on any atom is 0.240 e. The third-order valence-electron chi connectivity index (χ3n) is 18.2. The molecule has 1 heterocycles. The number of methoxy groups -OCH3 is 1. The van der Waals surface area contributed by atoms with Crippen molar-refractivity contribution in [3.8, 4) is 0 Å². The van der Waals surface area contributed by atoms with Gasteiger partial charge in [0.25, 0.3) is 0 Å². The highest BCUT2D eigenvalue weighted by atomic mass is 16.7. The molecular weight excluding hydrogens is 729 g/mol. The van der Waals surface area contributed by atoms with E-state index in [0.717, 1.165) is 63.3 Å². The number of nitrogens with zero attached hydrogens (tertiary/aromatic N) is 2. The predicted molar refractivity (Wildman–Crippen MR) is 228 cm³/mol. The molecule has 1 saturated heterocycles. The zero-order valence-electron chi connectivity index (χ0n) is 37.6. The number of carbonyl (C=O) groups excluding carboxylic acids is 2. The molecule has 4 N–H and O–H groups in total. The van der Waals surface area contributed by atoms with Gasteiger partial charge in [0, 0.05) is 50.0 Å². The van der Waals surface area contributed by atoms with Gasteiger partial charge in [-0.3, -0.25) is 14.4 Å². The van der Waals surface area contributed by atoms with E-state index < -0.39 is 24.2 Å². The largest absolute Gasteiger partial charge is 0.394 e. The van der Waals surface area contributed by atoms with Gasteiger partial charge in [0.1, 0.15) is 12.1 Å². The van der Waals surface area contributed by atoms with Crippen LogP contribution in [-0.2, 0) is 19.2 Å². The van der Waals surface area contributed by atoms with Gasteiger partial charge in [0.2, 0.25) is 11.8 Å². The van der Waals surface area contributed by atoms with E-state index in [1.54, 1.807) is 6.92 Å². The van der Waals surface area contributed by atoms with Gasteiger partial charge < -0.3 is 30.5 Å². The van der Waals surface area contributed by atoms with E-state index in [-0.39, 0.29) is 42.4 Å². The van der Waals surface area contributed by atoms with Crippen LogP contribution in [0.1, 0.15) is 143 Å². The van der Waals surface area contributed by atoms with Crippen LogP contribution < -0.4 is 10.6 Å². The van der Waals surface area contributed by atoms with Gasteiger partial charge in [-0.05, 0) is 119 Å². The lowest BCUT2D eigenvalue weighted by Gasteiger charge is -2.62. The summed E-state index contributed by atoms with van der Waals surface area (Å²) in [5.41, 5.74) is 0.320. The quantitative estimate of drug-likeness (QED) is 0.151. The fourth-order valence-electron chi connectivity index (χ4n) is 14.6. The van der Waals surface area contributed by atoms with Crippen LogP contribution in [0.2, 0.25) is 0 Å². The third-order valence-corrected chi connectivity index (χ3v) is 18.2. The molecule has 0 aromatic carbocycles. The molecule has 1 aliphatic heterocycles. The molecular formula is C48H84N4O6. The van der Waals surface area contributed by atoms with Crippen molar-refractivity contribution in [2.75, 3.05) is 40.9 Å². The van der Waals surface area contributed by atoms with Crippen LogP contribution in [0.4, 0.5) is 0 Å². The first kappa shape index (κ1) is 44.7. The third kappa shape index (κ3) is 9.38. The average molecular weight is 813 g/mol. The lowest BCUT2D eigenvalue weighted by atomic mass is 9.45. The number of carbonyl (C=O) groups is 2. The van der Waals surface area contributed by atoms with E-state index in [9.17, 15) is 19.8 Å². The molecule has 7 saturated carbocycles. The number of hydrogen-bond donors (Lipinski definition) is 4. The summed E-state index contributed by atoms with van der Waals surface area (Å²) in [7, 11) is 6.18. The number of ether oxygens (including phenoxy) is 1. The average Bonchev–Trinajstić information content (AvgIpc) is 3.60. The van der Waals surface area contributed by atoms with Crippen molar-refractivity contribution in [3.63, 3.8) is 0 Å². The molecule has 0 spiro atoms. The molecule has 0 aromatic heterocycles. The summed E-state index contributed by atoms with van der Waals surface area (Å²) in [6.07, 6.45) is 20.1. The van der Waals surface area contributed by atoms with Gasteiger partial charge in [-0.1, -0.05) is 91.4 Å². The Morgan fingerprint density at radius 2 is 1.57 bits per heavy atom. The standard InChI is InChI=1S/C48H84N4O6/c1-29-40-24-36(48(40,3)4)25-41(29)50-47(56)44-43(30(2)54)42(28-53)58-52(44)27-33-19-14-20-38(45(33)57-7)34-21-35(23-37(22-34)51(5)6)46(55)49-26-39(31-15-10-8-11-16-31)32-17-12-9-13-18-32/h29-45,53-54H,8-28H2,1-7H3,(H,49,55)(H,50,56)/t29-,30-,33?,34?,35?,36+,37?,38?,40-,41-,42-,43+,44-,45?/m0/s1. The van der Waals surface area contributed by atoms with Crippen LogP contribution in [0.15, 0.2) is 0 Å². The molecule has 10 nitrogen and oxygen atoms in total. The SMILES string of the molecule is COC1C(CN2O[C@@H](CO)[C@@H]([C@H](C)O)[C@H]2C(=O)N[C@H]2C[C@H]3C[C@@H]([C@@H]2C)C3(C)C)CCCC1C1CC(C(=O)NCC(C2CCCCC2)C2CCCCC2)CC(N(C)C)C1. The zero-order valence-corrected chi connectivity index (χ0v) is 37.6. The minimum Gasteiger partial charge on any atom is -0.394 e. The van der Waals surface area contributed by atoms with E-state index in [0.29, 0.717) is 53.5 Å². The highest BCUT2D eigenvalue weighted by Crippen LogP contribution is 2.61. The molecule has 8 aliphatic rings. The lowest BCUT2D eigenvalue weighted by molar-refractivity contribution is -0.193. The van der Waals surface area contributed by atoms with Crippen molar-refractivity contribution in [2.24, 2.45) is 70.5 Å². The minimum atomic E-state index is -0.819. The van der Waals surface area contributed by atoms with E-state index in [1.165, 1.54) is 70.6 Å². The molecule has 14 atom stereocenters. The summed E-state index contributed by atoms with van der Waals surface area (Å²) >= 11 is 0. The Labute approximate surface area is 352 Å². The number of rotatable bonds is 14. The number of fused-ring (bicyclic) bond motifs is 2. The second kappa shape index (κ2) is 19.4. The van der Waals surface area contributed by atoms with Gasteiger partial charge in [0.05, 0.1) is 18.8 Å². The van der Waals surface area contributed by atoms with Crippen molar-refractivity contribution in [2.45, 2.75) is 180 Å². The van der Waals surface area contributed by atoms with Crippen LogP contribution in [0.3, 0.4) is 0 Å². The summed E-state index contributed by atoms with van der Waals surface area (Å²) < 4.78 is 6.48. The smallest absolute Gasteiger partial charge is 0.240 e. The second-order valence-electron chi connectivity index (χ2n) is 21.8. The molecule has 0 aromatic rings. The van der Waals surface area contributed by atoms with Gasteiger partial charge >= 0.3 is 0 Å². The topological polar surface area (TPSA) is 124 Å². The van der Waals surface area contributed by atoms with Crippen molar-refractivity contribution in [1.82, 2.24) is 20.6 Å². The van der Waals surface area contributed by atoms with E-state index in [4.69, 9.17) is 9.57 Å². The number of aliphatic hydroxyl groups is 2. The Kier molecular flexibility index (Phi) is 15.0. The van der Waals surface area contributed by atoms with E-state index in [1.807, 2.05) is 12.2 Å². The fourth-order valence-corrected chi connectivity index (χ4v) is 14.6. The van der Waals surface area contributed by atoms with E-state index >= 15 is 0 Å². The first-order valence-corrected chi connectivity index (χ1v) is 24.3. The first-order valence-electron chi connectivity index (χ1n) is 24.3. The molecule has 2 amide bonds. The summed E-state index contributed by atoms with van der Waals surface area (Å²) in [6.45, 7) is 9.85. The Hall–Kier alpha value is -1.30. The summed E-state index contributed by atoms with van der Waals surface area (Å²) in [5, 5.41) is 30.4. The van der Waals surface area contributed by atoms with Gasteiger partial charge in [0.15, 0.2) is 0 Å². The Bertz CT molecular complexity index is 1330. The number of nitrogens with one attached hydrogen (secondary N) is 2. The summed E-state index contributed by atoms with van der Waals surface area (Å²) in [6, 6.07) is -0.252. The molecule has 332 valence electrons. The number of hydroxylamine groups is 2. The number of amides is 2. The molecule has 8 rings (SSSR count). The normalized spacial score (nSPS) is 40.6. The maximum absolute atomic E-state index is 14.4. The van der Waals surface area contributed by atoms with Crippen LogP contribution in [0.5, 0.6) is 0 Å². The molecule has 58 heavy (non-hydrogen) atoms. The van der Waals surface area contributed by atoms with Gasteiger partial charge in [-0.15, -0.1) is 0 Å². The highest BCUT2D eigenvalue weighted by molar-refractivity contribution is 5.83. The number of aliphatic hydroxyl groups excluding tert-OH is 2. The minimum absolute atomic E-state index is 0.00621. The molecule has 8 fully saturated rings. The molecule has 6 unspecified atom stereocenters. The van der Waals surface area contributed by atoms with Gasteiger partial charge in [-0.25, -0.2) is 0 Å². The highest BCUT2D eigenvalue weighted by Gasteiger charge is 2.58. The van der Waals surface area contributed by atoms with Crippen molar-refractivity contribution >= 4 is 11.8 Å². The summed E-state index contributed by atoms with van der Waals surface area (Å²) in [4.78, 5) is 37.5. The monoisotopic (exact) mass is 813 g/mol. The van der Waals surface area contributed by atoms with Crippen molar-refractivity contribution in [1.29, 1.82) is 0 Å². The van der Waals surface area contributed by atoms with Crippen molar-refractivity contribution < 1.29 is 29.4 Å².